The Morgan fingerprint density at radius 1 is 1.54 bits per heavy atom. The van der Waals surface area contributed by atoms with E-state index in [4.69, 9.17) is 0 Å². The predicted octanol–water partition coefficient (Wildman–Crippen LogP) is 2.39. The van der Waals surface area contributed by atoms with E-state index in [1.807, 2.05) is 6.92 Å². The third kappa shape index (κ3) is 1.51. The summed E-state index contributed by atoms with van der Waals surface area (Å²) in [6, 6.07) is 0. The minimum atomic E-state index is -0.690. The summed E-state index contributed by atoms with van der Waals surface area (Å²) in [6.45, 7) is 1.86. The molecular weight excluding hydrogens is 230 g/mol. The molecule has 1 aromatic heterocycles. The first-order chi connectivity index (χ1) is 6.11. The molecule has 0 bridgehead atoms. The van der Waals surface area contributed by atoms with Crippen molar-refractivity contribution in [2.75, 3.05) is 0 Å². The Bertz CT molecular complexity index is 336. The quantitative estimate of drug-likeness (QED) is 0.757. The standard InChI is InChI=1S/C10H12BrNO/c1-10(13)4-2-3-7-8(10)5-12-6-9(7)11/h5-6,13H,2-4H2,1H3. The molecule has 0 aliphatic heterocycles. The largest absolute Gasteiger partial charge is 0.385 e. The SMILES string of the molecule is CC1(O)CCCc2c(Br)cncc21. The van der Waals surface area contributed by atoms with E-state index in [2.05, 4.69) is 20.9 Å². The summed E-state index contributed by atoms with van der Waals surface area (Å²) in [5, 5.41) is 10.1. The average molecular weight is 242 g/mol. The van der Waals surface area contributed by atoms with Gasteiger partial charge in [0.2, 0.25) is 0 Å². The van der Waals surface area contributed by atoms with Gasteiger partial charge < -0.3 is 5.11 Å². The van der Waals surface area contributed by atoms with Crippen LogP contribution in [0, 0.1) is 0 Å². The fourth-order valence-corrected chi connectivity index (χ4v) is 2.45. The Kier molecular flexibility index (Phi) is 2.16. The number of fused-ring (bicyclic) bond motifs is 1. The Morgan fingerprint density at radius 2 is 2.31 bits per heavy atom. The molecule has 70 valence electrons. The lowest BCUT2D eigenvalue weighted by molar-refractivity contribution is 0.0382. The molecule has 3 heteroatoms. The molecule has 0 fully saturated rings. The fraction of sp³-hybridized carbons (Fsp3) is 0.500. The van der Waals surface area contributed by atoms with Crippen LogP contribution < -0.4 is 0 Å². The summed E-state index contributed by atoms with van der Waals surface area (Å²) in [4.78, 5) is 4.09. The van der Waals surface area contributed by atoms with Gasteiger partial charge >= 0.3 is 0 Å². The maximum absolute atomic E-state index is 10.1. The molecule has 0 amide bonds. The average Bonchev–Trinajstić information content (AvgIpc) is 2.06. The van der Waals surface area contributed by atoms with E-state index in [1.54, 1.807) is 12.4 Å². The van der Waals surface area contributed by atoms with Gasteiger partial charge in [-0.2, -0.15) is 0 Å². The van der Waals surface area contributed by atoms with Crippen molar-refractivity contribution in [2.45, 2.75) is 31.8 Å². The molecule has 1 aliphatic carbocycles. The molecule has 1 N–H and O–H groups in total. The van der Waals surface area contributed by atoms with Gasteiger partial charge in [0.1, 0.15) is 0 Å². The third-order valence-corrected chi connectivity index (χ3v) is 3.36. The number of aliphatic hydroxyl groups is 1. The van der Waals surface area contributed by atoms with Crippen LogP contribution in [0.1, 0.15) is 30.9 Å². The second-order valence-corrected chi connectivity index (χ2v) is 4.63. The molecule has 1 aromatic rings. The second-order valence-electron chi connectivity index (χ2n) is 3.77. The lowest BCUT2D eigenvalue weighted by atomic mass is 9.82. The summed E-state index contributed by atoms with van der Waals surface area (Å²) in [5.41, 5.74) is 1.50. The summed E-state index contributed by atoms with van der Waals surface area (Å²) < 4.78 is 1.02. The Labute approximate surface area is 86.1 Å². The van der Waals surface area contributed by atoms with Gasteiger partial charge in [0.15, 0.2) is 0 Å². The minimum absolute atomic E-state index is 0.690. The topological polar surface area (TPSA) is 33.1 Å². The molecule has 0 radical (unpaired) electrons. The highest BCUT2D eigenvalue weighted by atomic mass is 79.9. The van der Waals surface area contributed by atoms with Gasteiger partial charge in [0, 0.05) is 22.4 Å². The van der Waals surface area contributed by atoms with Crippen molar-refractivity contribution >= 4 is 15.9 Å². The van der Waals surface area contributed by atoms with Gasteiger partial charge in [-0.05, 0) is 47.7 Å². The van der Waals surface area contributed by atoms with Crippen molar-refractivity contribution in [2.24, 2.45) is 0 Å². The molecule has 0 saturated heterocycles. The van der Waals surface area contributed by atoms with E-state index < -0.39 is 5.60 Å². The van der Waals surface area contributed by atoms with Gasteiger partial charge in [-0.1, -0.05) is 0 Å². The zero-order valence-corrected chi connectivity index (χ0v) is 9.13. The van der Waals surface area contributed by atoms with Crippen molar-refractivity contribution in [3.63, 3.8) is 0 Å². The van der Waals surface area contributed by atoms with Crippen LogP contribution in [0.4, 0.5) is 0 Å². The number of hydrogen-bond donors (Lipinski definition) is 1. The molecule has 0 aromatic carbocycles. The van der Waals surface area contributed by atoms with Crippen molar-refractivity contribution in [3.05, 3.63) is 28.0 Å². The molecule has 1 heterocycles. The molecule has 0 saturated carbocycles. The van der Waals surface area contributed by atoms with Gasteiger partial charge in [-0.3, -0.25) is 4.98 Å². The molecule has 1 atom stereocenters. The Balaban J connectivity index is 2.58. The summed E-state index contributed by atoms with van der Waals surface area (Å²) in [5.74, 6) is 0. The van der Waals surface area contributed by atoms with E-state index >= 15 is 0 Å². The number of pyridine rings is 1. The van der Waals surface area contributed by atoms with E-state index in [9.17, 15) is 5.11 Å². The predicted molar refractivity (Wildman–Crippen MR) is 54.4 cm³/mol. The van der Waals surface area contributed by atoms with Gasteiger partial charge in [0.05, 0.1) is 5.60 Å². The molecule has 2 rings (SSSR count). The highest BCUT2D eigenvalue weighted by molar-refractivity contribution is 9.10. The number of halogens is 1. The first-order valence-corrected chi connectivity index (χ1v) is 5.26. The number of rotatable bonds is 0. The zero-order valence-electron chi connectivity index (χ0n) is 7.55. The summed E-state index contributed by atoms with van der Waals surface area (Å²) in [6.07, 6.45) is 6.48. The van der Waals surface area contributed by atoms with Crippen molar-refractivity contribution in [1.82, 2.24) is 4.98 Å². The Morgan fingerprint density at radius 3 is 3.00 bits per heavy atom. The molecule has 2 nitrogen and oxygen atoms in total. The van der Waals surface area contributed by atoms with E-state index in [0.29, 0.717) is 0 Å². The maximum atomic E-state index is 10.1. The third-order valence-electron chi connectivity index (χ3n) is 2.68. The molecule has 0 spiro atoms. The van der Waals surface area contributed by atoms with Crippen molar-refractivity contribution in [1.29, 1.82) is 0 Å². The van der Waals surface area contributed by atoms with Crippen LogP contribution in [-0.2, 0) is 12.0 Å². The van der Waals surface area contributed by atoms with Crippen LogP contribution in [0.15, 0.2) is 16.9 Å². The van der Waals surface area contributed by atoms with E-state index in [0.717, 1.165) is 29.3 Å². The monoisotopic (exact) mass is 241 g/mol. The molecule has 1 unspecified atom stereocenters. The van der Waals surface area contributed by atoms with Crippen LogP contribution in [0.3, 0.4) is 0 Å². The fourth-order valence-electron chi connectivity index (χ4n) is 1.92. The second kappa shape index (κ2) is 3.07. The minimum Gasteiger partial charge on any atom is -0.385 e. The lowest BCUT2D eigenvalue weighted by Gasteiger charge is -2.30. The summed E-state index contributed by atoms with van der Waals surface area (Å²) in [7, 11) is 0. The van der Waals surface area contributed by atoms with E-state index in [1.165, 1.54) is 5.56 Å². The van der Waals surface area contributed by atoms with E-state index in [-0.39, 0.29) is 0 Å². The van der Waals surface area contributed by atoms with Crippen LogP contribution in [0.5, 0.6) is 0 Å². The van der Waals surface area contributed by atoms with Crippen LogP contribution in [0.2, 0.25) is 0 Å². The zero-order chi connectivity index (χ0) is 9.47. The van der Waals surface area contributed by atoms with Crippen LogP contribution in [0.25, 0.3) is 0 Å². The maximum Gasteiger partial charge on any atom is 0.0886 e. The number of nitrogens with zero attached hydrogens (tertiary/aromatic N) is 1. The van der Waals surface area contributed by atoms with Gasteiger partial charge in [-0.25, -0.2) is 0 Å². The highest BCUT2D eigenvalue weighted by Crippen LogP contribution is 2.37. The first kappa shape index (κ1) is 9.16. The molecule has 13 heavy (non-hydrogen) atoms. The number of aromatic nitrogens is 1. The van der Waals surface area contributed by atoms with Gasteiger partial charge in [0.25, 0.3) is 0 Å². The summed E-state index contributed by atoms with van der Waals surface area (Å²) >= 11 is 3.46. The Hall–Kier alpha value is -0.410. The number of hydrogen-bond acceptors (Lipinski definition) is 2. The normalized spacial score (nSPS) is 27.0. The van der Waals surface area contributed by atoms with Crippen molar-refractivity contribution in [3.8, 4) is 0 Å². The van der Waals surface area contributed by atoms with Crippen molar-refractivity contribution < 1.29 is 5.11 Å². The first-order valence-electron chi connectivity index (χ1n) is 4.46. The van der Waals surface area contributed by atoms with Crippen LogP contribution >= 0.6 is 15.9 Å². The molecular formula is C10H12BrNO. The molecule has 1 aliphatic rings. The van der Waals surface area contributed by atoms with Gasteiger partial charge in [-0.15, -0.1) is 0 Å². The lowest BCUT2D eigenvalue weighted by Crippen LogP contribution is -2.27. The highest BCUT2D eigenvalue weighted by Gasteiger charge is 2.30. The van der Waals surface area contributed by atoms with Crippen LogP contribution in [-0.4, -0.2) is 10.1 Å². The smallest absolute Gasteiger partial charge is 0.0886 e.